The first-order chi connectivity index (χ1) is 11.1. The molecule has 5 nitrogen and oxygen atoms in total. The number of amides is 1. The molecule has 0 N–H and O–H groups in total. The lowest BCUT2D eigenvalue weighted by Crippen LogP contribution is -2.41. The SMILES string of the molecule is COC(=O)C1CCN(C(=O)Cc2coc3cc(C)ccc23)CC1. The van der Waals surface area contributed by atoms with Gasteiger partial charge in [0.15, 0.2) is 0 Å². The van der Waals surface area contributed by atoms with Gasteiger partial charge in [0.2, 0.25) is 5.91 Å². The summed E-state index contributed by atoms with van der Waals surface area (Å²) in [5.74, 6) is -0.174. The minimum absolute atomic E-state index is 0.0802. The predicted molar refractivity (Wildman–Crippen MR) is 86.0 cm³/mol. The van der Waals surface area contributed by atoms with Crippen molar-refractivity contribution in [2.45, 2.75) is 26.2 Å². The van der Waals surface area contributed by atoms with Crippen molar-refractivity contribution in [1.82, 2.24) is 4.90 Å². The predicted octanol–water partition coefficient (Wildman–Crippen LogP) is 2.70. The van der Waals surface area contributed by atoms with E-state index in [2.05, 4.69) is 0 Å². The van der Waals surface area contributed by atoms with Gasteiger partial charge in [-0.2, -0.15) is 0 Å². The molecule has 0 unspecified atom stereocenters. The van der Waals surface area contributed by atoms with E-state index in [-0.39, 0.29) is 17.8 Å². The molecular weight excluding hydrogens is 294 g/mol. The fraction of sp³-hybridized carbons (Fsp3) is 0.444. The van der Waals surface area contributed by atoms with Crippen LogP contribution in [0.25, 0.3) is 11.0 Å². The average molecular weight is 315 g/mol. The smallest absolute Gasteiger partial charge is 0.308 e. The number of piperidine rings is 1. The summed E-state index contributed by atoms with van der Waals surface area (Å²) in [7, 11) is 1.41. The molecule has 1 aromatic heterocycles. The molecule has 1 aliphatic heterocycles. The largest absolute Gasteiger partial charge is 0.469 e. The number of benzene rings is 1. The normalized spacial score (nSPS) is 15.8. The highest BCUT2D eigenvalue weighted by Crippen LogP contribution is 2.24. The summed E-state index contributed by atoms with van der Waals surface area (Å²) in [4.78, 5) is 25.9. The number of rotatable bonds is 3. The molecule has 2 heterocycles. The molecule has 5 heteroatoms. The van der Waals surface area contributed by atoms with E-state index in [9.17, 15) is 9.59 Å². The summed E-state index contributed by atoms with van der Waals surface area (Å²) in [6.45, 7) is 3.22. The topological polar surface area (TPSA) is 59.8 Å². The zero-order valence-corrected chi connectivity index (χ0v) is 13.5. The van der Waals surface area contributed by atoms with Gasteiger partial charge in [0.05, 0.1) is 25.7 Å². The summed E-state index contributed by atoms with van der Waals surface area (Å²) in [5, 5.41) is 0.994. The maximum atomic E-state index is 12.5. The van der Waals surface area contributed by atoms with Crippen molar-refractivity contribution in [3.8, 4) is 0 Å². The van der Waals surface area contributed by atoms with Crippen molar-refractivity contribution in [2.75, 3.05) is 20.2 Å². The van der Waals surface area contributed by atoms with E-state index in [1.165, 1.54) is 7.11 Å². The third kappa shape index (κ3) is 3.23. The number of carbonyl (C=O) groups is 2. The first kappa shape index (κ1) is 15.6. The summed E-state index contributed by atoms with van der Waals surface area (Å²) >= 11 is 0. The van der Waals surface area contributed by atoms with Crippen LogP contribution in [0.4, 0.5) is 0 Å². The van der Waals surface area contributed by atoms with Gasteiger partial charge in [-0.05, 0) is 31.4 Å². The van der Waals surface area contributed by atoms with E-state index in [1.54, 1.807) is 6.26 Å². The Morgan fingerprint density at radius 1 is 1.30 bits per heavy atom. The molecule has 0 saturated carbocycles. The second-order valence-electron chi connectivity index (χ2n) is 6.12. The van der Waals surface area contributed by atoms with Gasteiger partial charge in [0.25, 0.3) is 0 Å². The summed E-state index contributed by atoms with van der Waals surface area (Å²) in [6.07, 6.45) is 3.34. The molecule has 3 rings (SSSR count). The van der Waals surface area contributed by atoms with Gasteiger partial charge in [-0.15, -0.1) is 0 Å². The Morgan fingerprint density at radius 3 is 2.74 bits per heavy atom. The molecule has 2 aromatic rings. The monoisotopic (exact) mass is 315 g/mol. The highest BCUT2D eigenvalue weighted by Gasteiger charge is 2.28. The molecule has 0 radical (unpaired) electrons. The molecule has 1 aliphatic rings. The second kappa shape index (κ2) is 6.44. The molecule has 1 amide bonds. The van der Waals surface area contributed by atoms with Crippen LogP contribution in [0.3, 0.4) is 0 Å². The van der Waals surface area contributed by atoms with Crippen LogP contribution in [-0.2, 0) is 20.7 Å². The van der Waals surface area contributed by atoms with E-state index in [0.717, 1.165) is 22.1 Å². The van der Waals surface area contributed by atoms with Crippen LogP contribution in [0.1, 0.15) is 24.0 Å². The number of fused-ring (bicyclic) bond motifs is 1. The number of carbonyl (C=O) groups excluding carboxylic acids is 2. The molecule has 0 aliphatic carbocycles. The van der Waals surface area contributed by atoms with Crippen molar-refractivity contribution in [1.29, 1.82) is 0 Å². The standard InChI is InChI=1S/C18H21NO4/c1-12-3-4-15-14(11-23-16(15)9-12)10-17(20)19-7-5-13(6-8-19)18(21)22-2/h3-4,9,11,13H,5-8,10H2,1-2H3. The highest BCUT2D eigenvalue weighted by atomic mass is 16.5. The maximum absolute atomic E-state index is 12.5. The van der Waals surface area contributed by atoms with Gasteiger partial charge in [-0.3, -0.25) is 9.59 Å². The summed E-state index contributed by atoms with van der Waals surface area (Å²) in [6, 6.07) is 6.00. The van der Waals surface area contributed by atoms with Gasteiger partial charge in [0, 0.05) is 24.0 Å². The van der Waals surface area contributed by atoms with E-state index in [1.807, 2.05) is 30.0 Å². The molecule has 0 atom stereocenters. The van der Waals surface area contributed by atoms with Crippen LogP contribution in [0.15, 0.2) is 28.9 Å². The van der Waals surface area contributed by atoms with Crippen LogP contribution in [0.2, 0.25) is 0 Å². The van der Waals surface area contributed by atoms with Crippen molar-refractivity contribution in [3.05, 3.63) is 35.6 Å². The van der Waals surface area contributed by atoms with E-state index in [4.69, 9.17) is 9.15 Å². The maximum Gasteiger partial charge on any atom is 0.308 e. The Morgan fingerprint density at radius 2 is 2.04 bits per heavy atom. The lowest BCUT2D eigenvalue weighted by atomic mass is 9.96. The molecule has 23 heavy (non-hydrogen) atoms. The quantitative estimate of drug-likeness (QED) is 0.817. The Balaban J connectivity index is 1.64. The number of aryl methyl sites for hydroxylation is 1. The summed E-state index contributed by atoms with van der Waals surface area (Å²) < 4.78 is 10.3. The summed E-state index contributed by atoms with van der Waals surface area (Å²) in [5.41, 5.74) is 2.87. The van der Waals surface area contributed by atoms with Crippen LogP contribution >= 0.6 is 0 Å². The van der Waals surface area contributed by atoms with Crippen molar-refractivity contribution >= 4 is 22.8 Å². The number of nitrogens with zero attached hydrogens (tertiary/aromatic N) is 1. The van der Waals surface area contributed by atoms with Gasteiger partial charge in [-0.1, -0.05) is 12.1 Å². The van der Waals surface area contributed by atoms with Crippen LogP contribution in [0, 0.1) is 12.8 Å². The van der Waals surface area contributed by atoms with Crippen LogP contribution in [0.5, 0.6) is 0 Å². The first-order valence-corrected chi connectivity index (χ1v) is 7.91. The molecular formula is C18H21NO4. The zero-order valence-electron chi connectivity index (χ0n) is 13.5. The molecule has 122 valence electrons. The fourth-order valence-corrected chi connectivity index (χ4v) is 3.13. The number of esters is 1. The lowest BCUT2D eigenvalue weighted by molar-refractivity contribution is -0.148. The van der Waals surface area contributed by atoms with Gasteiger partial charge in [0.1, 0.15) is 5.58 Å². The molecule has 1 fully saturated rings. The third-order valence-electron chi connectivity index (χ3n) is 4.54. The Labute approximate surface area is 135 Å². The first-order valence-electron chi connectivity index (χ1n) is 7.91. The highest BCUT2D eigenvalue weighted by molar-refractivity contribution is 5.88. The number of hydrogen-bond donors (Lipinski definition) is 0. The fourth-order valence-electron chi connectivity index (χ4n) is 3.13. The third-order valence-corrected chi connectivity index (χ3v) is 4.54. The van der Waals surface area contributed by atoms with Crippen molar-refractivity contribution < 1.29 is 18.7 Å². The van der Waals surface area contributed by atoms with E-state index < -0.39 is 0 Å². The van der Waals surface area contributed by atoms with Gasteiger partial charge in [-0.25, -0.2) is 0 Å². The molecule has 1 saturated heterocycles. The van der Waals surface area contributed by atoms with E-state index in [0.29, 0.717) is 32.4 Å². The lowest BCUT2D eigenvalue weighted by Gasteiger charge is -2.30. The van der Waals surface area contributed by atoms with Gasteiger partial charge < -0.3 is 14.1 Å². The Hall–Kier alpha value is -2.30. The van der Waals surface area contributed by atoms with Crippen molar-refractivity contribution in [2.24, 2.45) is 5.92 Å². The number of ether oxygens (including phenoxy) is 1. The second-order valence-corrected chi connectivity index (χ2v) is 6.12. The van der Waals surface area contributed by atoms with Gasteiger partial charge >= 0.3 is 5.97 Å². The van der Waals surface area contributed by atoms with Crippen LogP contribution < -0.4 is 0 Å². The molecule has 0 spiro atoms. The number of hydrogen-bond acceptors (Lipinski definition) is 4. The zero-order chi connectivity index (χ0) is 16.4. The Kier molecular flexibility index (Phi) is 4.37. The van der Waals surface area contributed by atoms with Crippen molar-refractivity contribution in [3.63, 3.8) is 0 Å². The Bertz CT molecular complexity index is 726. The minimum Gasteiger partial charge on any atom is -0.469 e. The van der Waals surface area contributed by atoms with Crippen LogP contribution in [-0.4, -0.2) is 37.0 Å². The average Bonchev–Trinajstić information content (AvgIpc) is 2.96. The number of furan rings is 1. The molecule has 0 bridgehead atoms. The number of likely N-dealkylation sites (tertiary alicyclic amines) is 1. The number of methoxy groups -OCH3 is 1. The van der Waals surface area contributed by atoms with E-state index >= 15 is 0 Å². The molecule has 1 aromatic carbocycles. The minimum atomic E-state index is -0.173.